The molecule has 2 aromatic carbocycles. The van der Waals surface area contributed by atoms with E-state index in [1.54, 1.807) is 23.9 Å². The molecule has 4 unspecified atom stereocenters. The average Bonchev–Trinajstić information content (AvgIpc) is 3.17. The van der Waals surface area contributed by atoms with Crippen LogP contribution in [0.15, 0.2) is 81.3 Å². The van der Waals surface area contributed by atoms with Crippen molar-refractivity contribution in [3.05, 3.63) is 76.5 Å². The molecule has 0 amide bonds. The molecule has 4 aliphatic rings. The molecule has 3 heterocycles. The van der Waals surface area contributed by atoms with Crippen LogP contribution in [0.2, 0.25) is 0 Å². The van der Waals surface area contributed by atoms with Crippen molar-refractivity contribution >= 4 is 51.9 Å². The Balaban J connectivity index is 1.32. The van der Waals surface area contributed by atoms with Gasteiger partial charge in [-0.3, -0.25) is 10.1 Å². The number of nitro groups is 1. The van der Waals surface area contributed by atoms with Crippen molar-refractivity contribution in [1.82, 2.24) is 10.6 Å². The van der Waals surface area contributed by atoms with E-state index in [1.165, 1.54) is 4.90 Å². The van der Waals surface area contributed by atoms with Gasteiger partial charge >= 0.3 is 0 Å². The number of para-hydroxylation sites is 1. The van der Waals surface area contributed by atoms with Crippen LogP contribution < -0.4 is 21.0 Å². The minimum absolute atomic E-state index is 0.0781. The van der Waals surface area contributed by atoms with Crippen molar-refractivity contribution in [2.75, 3.05) is 10.3 Å². The lowest BCUT2D eigenvalue weighted by Crippen LogP contribution is -2.66. The average molecular weight is 491 g/mol. The topological polar surface area (TPSA) is 94.8 Å². The molecule has 1 aliphatic carbocycles. The molecule has 6 rings (SSSR count). The third-order valence-electron chi connectivity index (χ3n) is 6.74. The number of allylic oxidation sites excluding steroid dienone is 3. The van der Waals surface area contributed by atoms with Crippen molar-refractivity contribution < 1.29 is 4.92 Å². The van der Waals surface area contributed by atoms with Gasteiger partial charge in [-0.25, -0.2) is 5.01 Å². The van der Waals surface area contributed by atoms with E-state index in [0.717, 1.165) is 27.7 Å². The second-order valence-electron chi connectivity index (χ2n) is 8.72. The molecule has 4 atom stereocenters. The number of hydrazone groups is 1. The molecule has 2 aromatic rings. The molecule has 0 bridgehead atoms. The van der Waals surface area contributed by atoms with Gasteiger partial charge in [0.1, 0.15) is 6.17 Å². The summed E-state index contributed by atoms with van der Waals surface area (Å²) in [6.45, 7) is 1.99. The standard InChI is InChI=1S/C24H22N6O2S2/c1-13-21-22(15-6-2-4-8-18(15)30(31)32)26-24(33)27-23(21)29(28-13)14-10-11-20-17(12-14)25-16-7-3-5-9-19(16)34-20/h2-5,7-12,15,21-23,25H,6H2,1H3,(H2,26,27,33). The number of nitrogens with zero attached hydrogens (tertiary/aromatic N) is 3. The Bertz CT molecular complexity index is 1310. The molecule has 1 fully saturated rings. The minimum Gasteiger partial charge on any atom is -0.358 e. The van der Waals surface area contributed by atoms with Crippen molar-refractivity contribution in [2.45, 2.75) is 35.3 Å². The summed E-state index contributed by atoms with van der Waals surface area (Å²) >= 11 is 7.28. The maximum atomic E-state index is 11.8. The highest BCUT2D eigenvalue weighted by Gasteiger charge is 2.50. The molecule has 0 aromatic heterocycles. The Morgan fingerprint density at radius 1 is 1.18 bits per heavy atom. The van der Waals surface area contributed by atoms with Gasteiger partial charge in [-0.1, -0.05) is 36.0 Å². The van der Waals surface area contributed by atoms with Crippen molar-refractivity contribution in [3.63, 3.8) is 0 Å². The van der Waals surface area contributed by atoms with Crippen molar-refractivity contribution in [2.24, 2.45) is 16.9 Å². The normalized spacial score (nSPS) is 26.7. The summed E-state index contributed by atoms with van der Waals surface area (Å²) in [6, 6.07) is 14.3. The van der Waals surface area contributed by atoms with Gasteiger partial charge in [0.05, 0.1) is 39.9 Å². The maximum absolute atomic E-state index is 11.8. The molecular weight excluding hydrogens is 468 g/mol. The molecule has 1 saturated heterocycles. The third kappa shape index (κ3) is 3.45. The number of anilines is 3. The van der Waals surface area contributed by atoms with Gasteiger partial charge in [-0.2, -0.15) is 5.10 Å². The monoisotopic (exact) mass is 490 g/mol. The van der Waals surface area contributed by atoms with Gasteiger partial charge in [0.2, 0.25) is 0 Å². The summed E-state index contributed by atoms with van der Waals surface area (Å²) in [5, 5.41) is 29.3. The lowest BCUT2D eigenvalue weighted by Gasteiger charge is -2.42. The Labute approximate surface area is 206 Å². The summed E-state index contributed by atoms with van der Waals surface area (Å²) < 4.78 is 0. The van der Waals surface area contributed by atoms with E-state index in [4.69, 9.17) is 17.3 Å². The van der Waals surface area contributed by atoms with Gasteiger partial charge in [0, 0.05) is 21.6 Å². The van der Waals surface area contributed by atoms with Gasteiger partial charge in [0.25, 0.3) is 5.70 Å². The van der Waals surface area contributed by atoms with Crippen LogP contribution in [0.1, 0.15) is 13.3 Å². The van der Waals surface area contributed by atoms with Crippen LogP contribution in [-0.4, -0.2) is 28.0 Å². The van der Waals surface area contributed by atoms with Gasteiger partial charge in [-0.05, 0) is 55.9 Å². The predicted molar refractivity (Wildman–Crippen MR) is 138 cm³/mol. The second kappa shape index (κ2) is 8.14. The SMILES string of the molecule is CC1=NN(c2ccc3c(c2)Nc2ccccc2S3)C2NC(=S)NC(C3CC=CC=C3[N+](=O)[O-])C12. The Morgan fingerprint density at radius 2 is 2.00 bits per heavy atom. The molecule has 3 N–H and O–H groups in total. The first-order valence-electron chi connectivity index (χ1n) is 11.1. The zero-order valence-corrected chi connectivity index (χ0v) is 19.9. The molecule has 8 nitrogen and oxygen atoms in total. The van der Waals surface area contributed by atoms with Crippen LogP contribution in [0.3, 0.4) is 0 Å². The number of thiocarbonyl (C=S) groups is 1. The summed E-state index contributed by atoms with van der Waals surface area (Å²) in [4.78, 5) is 13.8. The fourth-order valence-electron chi connectivity index (χ4n) is 5.21. The van der Waals surface area contributed by atoms with Crippen LogP contribution in [0.5, 0.6) is 0 Å². The van der Waals surface area contributed by atoms with Gasteiger partial charge < -0.3 is 16.0 Å². The lowest BCUT2D eigenvalue weighted by molar-refractivity contribution is -0.435. The first kappa shape index (κ1) is 21.2. The van der Waals surface area contributed by atoms with E-state index in [9.17, 15) is 10.1 Å². The third-order valence-corrected chi connectivity index (χ3v) is 8.12. The first-order valence-corrected chi connectivity index (χ1v) is 12.3. The highest BCUT2D eigenvalue weighted by molar-refractivity contribution is 7.99. The molecule has 172 valence electrons. The number of nitrogens with one attached hydrogen (secondary N) is 3. The summed E-state index contributed by atoms with van der Waals surface area (Å²) in [6.07, 6.45) is 5.69. The van der Waals surface area contributed by atoms with E-state index in [-0.39, 0.29) is 34.7 Å². The summed E-state index contributed by atoms with van der Waals surface area (Å²) in [5.41, 5.74) is 4.18. The zero-order chi connectivity index (χ0) is 23.4. The van der Waals surface area contributed by atoms with Crippen molar-refractivity contribution in [3.8, 4) is 0 Å². The van der Waals surface area contributed by atoms with Crippen LogP contribution in [-0.2, 0) is 0 Å². The number of rotatable bonds is 3. The summed E-state index contributed by atoms with van der Waals surface area (Å²) in [5.74, 6) is -0.374. The highest BCUT2D eigenvalue weighted by atomic mass is 32.2. The van der Waals surface area contributed by atoms with E-state index < -0.39 is 0 Å². The molecule has 10 heteroatoms. The molecule has 0 spiro atoms. The van der Waals surface area contributed by atoms with E-state index >= 15 is 0 Å². The number of fused-ring (bicyclic) bond motifs is 3. The summed E-state index contributed by atoms with van der Waals surface area (Å²) in [7, 11) is 0. The molecule has 3 aliphatic heterocycles. The molecule has 0 saturated carbocycles. The lowest BCUT2D eigenvalue weighted by atomic mass is 9.78. The second-order valence-corrected chi connectivity index (χ2v) is 10.2. The Morgan fingerprint density at radius 3 is 2.85 bits per heavy atom. The molecule has 0 radical (unpaired) electrons. The van der Waals surface area contributed by atoms with Crippen molar-refractivity contribution in [1.29, 1.82) is 0 Å². The van der Waals surface area contributed by atoms with E-state index in [2.05, 4.69) is 46.3 Å². The number of hydrogen-bond acceptors (Lipinski definition) is 7. The molecule has 34 heavy (non-hydrogen) atoms. The fraction of sp³-hybridized carbons (Fsp3) is 0.250. The highest BCUT2D eigenvalue weighted by Crippen LogP contribution is 2.46. The molecular formula is C24H22N6O2S2. The maximum Gasteiger partial charge on any atom is 0.251 e. The van der Waals surface area contributed by atoms with Crippen LogP contribution in [0.4, 0.5) is 17.1 Å². The minimum atomic E-state index is -0.296. The first-order chi connectivity index (χ1) is 16.5. The number of hydrogen-bond donors (Lipinski definition) is 3. The smallest absolute Gasteiger partial charge is 0.251 e. The predicted octanol–water partition coefficient (Wildman–Crippen LogP) is 4.62. The Kier molecular flexibility index (Phi) is 5.07. The van der Waals surface area contributed by atoms with Crippen LogP contribution >= 0.6 is 24.0 Å². The fourth-order valence-corrected chi connectivity index (χ4v) is 6.43. The van der Waals surface area contributed by atoms with Gasteiger partial charge in [-0.15, -0.1) is 0 Å². The zero-order valence-electron chi connectivity index (χ0n) is 18.3. The van der Waals surface area contributed by atoms with E-state index in [1.807, 2.05) is 30.1 Å². The van der Waals surface area contributed by atoms with E-state index in [0.29, 0.717) is 11.5 Å². The van der Waals surface area contributed by atoms with Gasteiger partial charge in [0.15, 0.2) is 5.11 Å². The Hall–Kier alpha value is -3.37. The van der Waals surface area contributed by atoms with Crippen LogP contribution in [0, 0.1) is 22.0 Å². The number of benzene rings is 2. The van der Waals surface area contributed by atoms with Crippen LogP contribution in [0.25, 0.3) is 0 Å². The quantitative estimate of drug-likeness (QED) is 0.278. The largest absolute Gasteiger partial charge is 0.358 e.